The van der Waals surface area contributed by atoms with E-state index in [1.165, 1.54) is 11.1 Å². The molecule has 0 aliphatic rings. The fraction of sp³-hybridized carbons (Fsp3) is 0.235. The number of hydrogen-bond acceptors (Lipinski definition) is 2. The van der Waals surface area contributed by atoms with E-state index < -0.39 is 0 Å². The molecule has 0 spiro atoms. The molecule has 0 aliphatic carbocycles. The number of pyridine rings is 1. The maximum absolute atomic E-state index is 4.47. The van der Waals surface area contributed by atoms with Crippen LogP contribution in [0.25, 0.3) is 11.1 Å². The van der Waals surface area contributed by atoms with Gasteiger partial charge in [0.25, 0.3) is 0 Å². The number of rotatable bonds is 4. The lowest BCUT2D eigenvalue weighted by molar-refractivity contribution is 1.14. The summed E-state index contributed by atoms with van der Waals surface area (Å²) in [4.78, 5) is 4.47. The SMILES string of the molecule is C=C(C)Nc1ncc(-c2ccc(CC)cc2)cc1C. The first-order valence-electron chi connectivity index (χ1n) is 6.58. The molecular weight excluding hydrogens is 232 g/mol. The summed E-state index contributed by atoms with van der Waals surface area (Å²) in [6, 6.07) is 10.8. The molecule has 2 nitrogen and oxygen atoms in total. The Bertz CT molecular complexity index is 583. The third-order valence-corrected chi connectivity index (χ3v) is 3.11. The fourth-order valence-corrected chi connectivity index (χ4v) is 2.00. The Morgan fingerprint density at radius 1 is 1.21 bits per heavy atom. The van der Waals surface area contributed by atoms with Crippen molar-refractivity contribution in [1.82, 2.24) is 4.98 Å². The molecule has 98 valence electrons. The van der Waals surface area contributed by atoms with Crippen molar-refractivity contribution >= 4 is 5.82 Å². The number of hydrogen-bond donors (Lipinski definition) is 1. The van der Waals surface area contributed by atoms with E-state index in [0.29, 0.717) is 0 Å². The van der Waals surface area contributed by atoms with Crippen LogP contribution in [0.1, 0.15) is 25.0 Å². The van der Waals surface area contributed by atoms with Gasteiger partial charge in [0.15, 0.2) is 0 Å². The Morgan fingerprint density at radius 2 is 1.89 bits per heavy atom. The molecule has 1 aromatic carbocycles. The molecule has 1 aromatic heterocycles. The smallest absolute Gasteiger partial charge is 0.132 e. The zero-order chi connectivity index (χ0) is 13.8. The Morgan fingerprint density at radius 3 is 2.42 bits per heavy atom. The van der Waals surface area contributed by atoms with Crippen LogP contribution >= 0.6 is 0 Å². The van der Waals surface area contributed by atoms with Crippen LogP contribution < -0.4 is 5.32 Å². The second-order valence-electron chi connectivity index (χ2n) is 4.85. The third kappa shape index (κ3) is 3.22. The Kier molecular flexibility index (Phi) is 4.00. The Hall–Kier alpha value is -2.09. The van der Waals surface area contributed by atoms with Crippen LogP contribution in [0.5, 0.6) is 0 Å². The van der Waals surface area contributed by atoms with Crippen LogP contribution in [0.15, 0.2) is 48.8 Å². The molecule has 0 unspecified atom stereocenters. The van der Waals surface area contributed by atoms with Gasteiger partial charge in [-0.15, -0.1) is 0 Å². The molecule has 1 N–H and O–H groups in total. The molecule has 0 amide bonds. The predicted molar refractivity (Wildman–Crippen MR) is 82.2 cm³/mol. The van der Waals surface area contributed by atoms with Gasteiger partial charge in [-0.2, -0.15) is 0 Å². The van der Waals surface area contributed by atoms with Crippen molar-refractivity contribution in [3.8, 4) is 11.1 Å². The van der Waals surface area contributed by atoms with Crippen LogP contribution in [0.4, 0.5) is 5.82 Å². The summed E-state index contributed by atoms with van der Waals surface area (Å²) in [6.07, 6.45) is 2.97. The zero-order valence-electron chi connectivity index (χ0n) is 11.8. The minimum Gasteiger partial charge on any atom is -0.344 e. The molecular formula is C17H20N2. The average molecular weight is 252 g/mol. The Labute approximate surface area is 115 Å². The molecule has 0 atom stereocenters. The maximum Gasteiger partial charge on any atom is 0.132 e. The number of allylic oxidation sites excluding steroid dienone is 1. The monoisotopic (exact) mass is 252 g/mol. The number of nitrogens with one attached hydrogen (secondary N) is 1. The highest BCUT2D eigenvalue weighted by Gasteiger charge is 2.03. The largest absolute Gasteiger partial charge is 0.344 e. The molecule has 2 aromatic rings. The van der Waals surface area contributed by atoms with Crippen LogP contribution in [-0.4, -0.2) is 4.98 Å². The average Bonchev–Trinajstić information content (AvgIpc) is 2.41. The molecule has 0 saturated heterocycles. The van der Waals surface area contributed by atoms with Gasteiger partial charge in [0.2, 0.25) is 0 Å². The lowest BCUT2D eigenvalue weighted by Gasteiger charge is -2.10. The van der Waals surface area contributed by atoms with Crippen LogP contribution in [0.3, 0.4) is 0 Å². The van der Waals surface area contributed by atoms with E-state index in [4.69, 9.17) is 0 Å². The highest BCUT2D eigenvalue weighted by molar-refractivity contribution is 5.66. The minimum absolute atomic E-state index is 0.876. The van der Waals surface area contributed by atoms with Gasteiger partial charge in [-0.25, -0.2) is 4.98 Å². The highest BCUT2D eigenvalue weighted by atomic mass is 15.0. The van der Waals surface area contributed by atoms with Crippen molar-refractivity contribution in [2.45, 2.75) is 27.2 Å². The van der Waals surface area contributed by atoms with Gasteiger partial charge in [0.05, 0.1) is 0 Å². The first kappa shape index (κ1) is 13.3. The summed E-state index contributed by atoms with van der Waals surface area (Å²) in [6.45, 7) is 9.99. The predicted octanol–water partition coefficient (Wildman–Crippen LogP) is 4.56. The van der Waals surface area contributed by atoms with E-state index in [1.807, 2.05) is 13.1 Å². The minimum atomic E-state index is 0.876. The standard InChI is InChI=1S/C17H20N2/c1-5-14-6-8-15(9-7-14)16-10-13(4)17(18-11-16)19-12(2)3/h6-11H,2,5H2,1,3-4H3,(H,18,19). The van der Waals surface area contributed by atoms with Crippen LogP contribution in [0.2, 0.25) is 0 Å². The van der Waals surface area contributed by atoms with Crippen molar-refractivity contribution in [1.29, 1.82) is 0 Å². The van der Waals surface area contributed by atoms with Crippen molar-refractivity contribution in [3.63, 3.8) is 0 Å². The van der Waals surface area contributed by atoms with E-state index in [0.717, 1.165) is 29.1 Å². The molecule has 2 heteroatoms. The molecule has 0 aliphatic heterocycles. The first-order valence-corrected chi connectivity index (χ1v) is 6.58. The molecule has 19 heavy (non-hydrogen) atoms. The molecule has 0 radical (unpaired) electrons. The van der Waals surface area contributed by atoms with E-state index >= 15 is 0 Å². The topological polar surface area (TPSA) is 24.9 Å². The van der Waals surface area contributed by atoms with Gasteiger partial charge in [-0.05, 0) is 43.0 Å². The van der Waals surface area contributed by atoms with Crippen LogP contribution in [-0.2, 0) is 6.42 Å². The molecule has 0 bridgehead atoms. The van der Waals surface area contributed by atoms with Gasteiger partial charge in [-0.3, -0.25) is 0 Å². The van der Waals surface area contributed by atoms with E-state index in [9.17, 15) is 0 Å². The molecule has 2 rings (SSSR count). The molecule has 0 saturated carbocycles. The number of aryl methyl sites for hydroxylation is 2. The third-order valence-electron chi connectivity index (χ3n) is 3.11. The number of nitrogens with zero attached hydrogens (tertiary/aromatic N) is 1. The summed E-state index contributed by atoms with van der Waals surface area (Å²) in [5, 5.41) is 3.16. The summed E-state index contributed by atoms with van der Waals surface area (Å²) in [5.41, 5.74) is 5.73. The van der Waals surface area contributed by atoms with Crippen molar-refractivity contribution in [2.75, 3.05) is 5.32 Å². The number of benzene rings is 1. The second kappa shape index (κ2) is 5.70. The van der Waals surface area contributed by atoms with E-state index in [1.54, 1.807) is 0 Å². The van der Waals surface area contributed by atoms with Gasteiger partial charge in [0, 0.05) is 17.5 Å². The van der Waals surface area contributed by atoms with Gasteiger partial charge >= 0.3 is 0 Å². The molecule has 0 fully saturated rings. The van der Waals surface area contributed by atoms with Crippen LogP contribution in [0, 0.1) is 6.92 Å². The normalized spacial score (nSPS) is 10.3. The lowest BCUT2D eigenvalue weighted by atomic mass is 10.0. The second-order valence-corrected chi connectivity index (χ2v) is 4.85. The highest BCUT2D eigenvalue weighted by Crippen LogP contribution is 2.23. The quantitative estimate of drug-likeness (QED) is 0.862. The number of aromatic nitrogens is 1. The van der Waals surface area contributed by atoms with Gasteiger partial charge in [0.1, 0.15) is 5.82 Å². The summed E-state index contributed by atoms with van der Waals surface area (Å²) < 4.78 is 0. The maximum atomic E-state index is 4.47. The van der Waals surface area contributed by atoms with E-state index in [2.05, 4.69) is 61.1 Å². The summed E-state index contributed by atoms with van der Waals surface area (Å²) in [7, 11) is 0. The van der Waals surface area contributed by atoms with Gasteiger partial charge in [-0.1, -0.05) is 37.8 Å². The zero-order valence-corrected chi connectivity index (χ0v) is 11.8. The van der Waals surface area contributed by atoms with Crippen molar-refractivity contribution < 1.29 is 0 Å². The first-order chi connectivity index (χ1) is 9.10. The molecule has 1 heterocycles. The lowest BCUT2D eigenvalue weighted by Crippen LogP contribution is -1.99. The van der Waals surface area contributed by atoms with Crippen molar-refractivity contribution in [2.24, 2.45) is 0 Å². The summed E-state index contributed by atoms with van der Waals surface area (Å²) in [5.74, 6) is 0.876. The number of anilines is 1. The fourth-order valence-electron chi connectivity index (χ4n) is 2.00. The summed E-state index contributed by atoms with van der Waals surface area (Å²) >= 11 is 0. The Balaban J connectivity index is 2.30. The van der Waals surface area contributed by atoms with Gasteiger partial charge < -0.3 is 5.32 Å². The van der Waals surface area contributed by atoms with Crippen molar-refractivity contribution in [3.05, 3.63) is 59.9 Å². The van der Waals surface area contributed by atoms with E-state index in [-0.39, 0.29) is 0 Å².